The van der Waals surface area contributed by atoms with Gasteiger partial charge in [-0.05, 0) is 31.5 Å². The minimum Gasteiger partial charge on any atom is -0.450 e. The molecule has 3 heterocycles. The SMILES string of the molecule is CCCN1C(=O)c2oc3ccccc3c(=O)c2C12C(=O)N(CC)c1ccccc12. The van der Waals surface area contributed by atoms with E-state index in [0.717, 1.165) is 5.69 Å². The first-order valence-corrected chi connectivity index (χ1v) is 9.87. The molecule has 2 aliphatic rings. The van der Waals surface area contributed by atoms with Crippen molar-refractivity contribution in [2.24, 2.45) is 0 Å². The van der Waals surface area contributed by atoms with Gasteiger partial charge in [0, 0.05) is 18.7 Å². The van der Waals surface area contributed by atoms with E-state index >= 15 is 0 Å². The molecule has 5 rings (SSSR count). The van der Waals surface area contributed by atoms with Gasteiger partial charge in [0.05, 0.1) is 16.6 Å². The van der Waals surface area contributed by atoms with Crippen LogP contribution in [-0.2, 0) is 10.3 Å². The van der Waals surface area contributed by atoms with Crippen molar-refractivity contribution in [3.63, 3.8) is 0 Å². The molecular weight excluding hydrogens is 368 g/mol. The maximum absolute atomic E-state index is 13.9. The van der Waals surface area contributed by atoms with Crippen LogP contribution in [0.1, 0.15) is 41.9 Å². The molecule has 3 aromatic rings. The van der Waals surface area contributed by atoms with E-state index in [1.165, 1.54) is 4.90 Å². The Bertz CT molecular complexity index is 1250. The van der Waals surface area contributed by atoms with Gasteiger partial charge in [0.15, 0.2) is 11.0 Å². The zero-order valence-corrected chi connectivity index (χ0v) is 16.3. The lowest BCUT2D eigenvalue weighted by molar-refractivity contribution is -0.126. The highest BCUT2D eigenvalue weighted by atomic mass is 16.3. The van der Waals surface area contributed by atoms with E-state index < -0.39 is 11.4 Å². The van der Waals surface area contributed by atoms with Crippen LogP contribution >= 0.6 is 0 Å². The van der Waals surface area contributed by atoms with E-state index in [0.29, 0.717) is 36.0 Å². The molecule has 1 atom stereocenters. The number of carbonyl (C=O) groups is 2. The quantitative estimate of drug-likeness (QED) is 0.690. The van der Waals surface area contributed by atoms with E-state index in [1.54, 1.807) is 29.2 Å². The van der Waals surface area contributed by atoms with Crippen molar-refractivity contribution in [1.82, 2.24) is 4.90 Å². The van der Waals surface area contributed by atoms with Gasteiger partial charge in [0.25, 0.3) is 11.8 Å². The molecule has 146 valence electrons. The van der Waals surface area contributed by atoms with Crippen LogP contribution in [-0.4, -0.2) is 29.8 Å². The normalized spacial score (nSPS) is 20.1. The summed E-state index contributed by atoms with van der Waals surface area (Å²) in [6, 6.07) is 14.2. The van der Waals surface area contributed by atoms with Crippen molar-refractivity contribution in [2.75, 3.05) is 18.0 Å². The van der Waals surface area contributed by atoms with E-state index in [1.807, 2.05) is 38.1 Å². The standard InChI is InChI=1S/C23H20N2O4/c1-3-13-25-21(27)20-18(19(26)14-9-5-8-12-17(14)29-20)23(25)15-10-6-7-11-16(15)24(4-2)22(23)28/h5-12H,3-4,13H2,1-2H3. The lowest BCUT2D eigenvalue weighted by Crippen LogP contribution is -2.53. The number of hydrogen-bond donors (Lipinski definition) is 0. The van der Waals surface area contributed by atoms with E-state index in [2.05, 4.69) is 0 Å². The third-order valence-corrected chi connectivity index (χ3v) is 5.91. The largest absolute Gasteiger partial charge is 0.450 e. The number of para-hydroxylation sites is 2. The summed E-state index contributed by atoms with van der Waals surface area (Å²) in [6.07, 6.45) is 0.650. The first-order valence-electron chi connectivity index (χ1n) is 9.87. The van der Waals surface area contributed by atoms with E-state index in [9.17, 15) is 14.4 Å². The first-order chi connectivity index (χ1) is 14.1. The van der Waals surface area contributed by atoms with Gasteiger partial charge < -0.3 is 14.2 Å². The number of rotatable bonds is 3. The highest BCUT2D eigenvalue weighted by Gasteiger charge is 2.64. The second kappa shape index (κ2) is 6.04. The van der Waals surface area contributed by atoms with Crippen molar-refractivity contribution in [3.8, 4) is 0 Å². The summed E-state index contributed by atoms with van der Waals surface area (Å²) >= 11 is 0. The van der Waals surface area contributed by atoms with E-state index in [-0.39, 0.29) is 22.7 Å². The number of fused-ring (bicyclic) bond motifs is 5. The molecule has 0 aliphatic carbocycles. The molecule has 2 amide bonds. The number of nitrogens with zero attached hydrogens (tertiary/aromatic N) is 2. The molecule has 0 saturated heterocycles. The molecule has 6 heteroatoms. The van der Waals surface area contributed by atoms with Gasteiger partial charge in [0.1, 0.15) is 5.58 Å². The van der Waals surface area contributed by atoms with Crippen molar-refractivity contribution >= 4 is 28.5 Å². The molecule has 0 radical (unpaired) electrons. The summed E-state index contributed by atoms with van der Waals surface area (Å²) < 4.78 is 5.93. The summed E-state index contributed by atoms with van der Waals surface area (Å²) in [5, 5.41) is 0.372. The Labute approximate surface area is 167 Å². The zero-order valence-electron chi connectivity index (χ0n) is 16.3. The van der Waals surface area contributed by atoms with Crippen LogP contribution < -0.4 is 10.3 Å². The monoisotopic (exact) mass is 388 g/mol. The topological polar surface area (TPSA) is 70.8 Å². The maximum atomic E-state index is 13.9. The summed E-state index contributed by atoms with van der Waals surface area (Å²) in [4.78, 5) is 44.1. The summed E-state index contributed by atoms with van der Waals surface area (Å²) in [5.74, 6) is -0.710. The van der Waals surface area contributed by atoms with Crippen molar-refractivity contribution in [3.05, 3.63) is 75.6 Å². The minimum atomic E-state index is -1.47. The fourth-order valence-corrected chi connectivity index (χ4v) is 4.78. The van der Waals surface area contributed by atoms with Crippen LogP contribution in [0.25, 0.3) is 11.0 Å². The Morgan fingerprint density at radius 2 is 1.69 bits per heavy atom. The van der Waals surface area contributed by atoms with Crippen LogP contribution in [0.4, 0.5) is 5.69 Å². The maximum Gasteiger partial charge on any atom is 0.291 e. The third-order valence-electron chi connectivity index (χ3n) is 5.91. The average Bonchev–Trinajstić information content (AvgIpc) is 3.13. The van der Waals surface area contributed by atoms with Crippen molar-refractivity contribution in [1.29, 1.82) is 0 Å². The molecule has 29 heavy (non-hydrogen) atoms. The van der Waals surface area contributed by atoms with Crippen LogP contribution in [0.2, 0.25) is 0 Å². The predicted octanol–water partition coefficient (Wildman–Crippen LogP) is 3.27. The van der Waals surface area contributed by atoms with E-state index in [4.69, 9.17) is 4.42 Å². The Morgan fingerprint density at radius 3 is 2.45 bits per heavy atom. The highest BCUT2D eigenvalue weighted by molar-refractivity contribution is 6.17. The van der Waals surface area contributed by atoms with Crippen molar-refractivity contribution < 1.29 is 14.0 Å². The highest BCUT2D eigenvalue weighted by Crippen LogP contribution is 2.52. The Hall–Kier alpha value is -3.41. The van der Waals surface area contributed by atoms with Gasteiger partial charge in [-0.1, -0.05) is 37.3 Å². The van der Waals surface area contributed by atoms with Gasteiger partial charge in [0.2, 0.25) is 5.76 Å². The molecular formula is C23H20N2O4. The van der Waals surface area contributed by atoms with Gasteiger partial charge in [-0.15, -0.1) is 0 Å². The molecule has 1 spiro atoms. The van der Waals surface area contributed by atoms with Crippen LogP contribution in [0.15, 0.2) is 57.7 Å². The third kappa shape index (κ3) is 1.98. The number of carbonyl (C=O) groups excluding carboxylic acids is 2. The van der Waals surface area contributed by atoms with Crippen LogP contribution in [0.5, 0.6) is 0 Å². The van der Waals surface area contributed by atoms with Gasteiger partial charge in [-0.2, -0.15) is 0 Å². The Kier molecular flexibility index (Phi) is 3.68. The zero-order chi connectivity index (χ0) is 20.3. The smallest absolute Gasteiger partial charge is 0.291 e. The molecule has 0 saturated carbocycles. The molecule has 1 unspecified atom stereocenters. The molecule has 6 nitrogen and oxygen atoms in total. The lowest BCUT2D eigenvalue weighted by Gasteiger charge is -2.34. The van der Waals surface area contributed by atoms with Gasteiger partial charge in [-0.3, -0.25) is 14.4 Å². The number of likely N-dealkylation sites (N-methyl/N-ethyl adjacent to an activating group) is 1. The van der Waals surface area contributed by atoms with Crippen molar-refractivity contribution in [2.45, 2.75) is 25.8 Å². The molecule has 0 bridgehead atoms. The average molecular weight is 388 g/mol. The number of benzene rings is 2. The molecule has 0 fully saturated rings. The molecule has 0 N–H and O–H groups in total. The van der Waals surface area contributed by atoms with Crippen LogP contribution in [0, 0.1) is 0 Å². The lowest BCUT2D eigenvalue weighted by atomic mass is 9.84. The second-order valence-corrected chi connectivity index (χ2v) is 7.37. The number of anilines is 1. The predicted molar refractivity (Wildman–Crippen MR) is 109 cm³/mol. The fourth-order valence-electron chi connectivity index (χ4n) is 4.78. The minimum absolute atomic E-state index is 0.0248. The summed E-state index contributed by atoms with van der Waals surface area (Å²) in [7, 11) is 0. The number of hydrogen-bond acceptors (Lipinski definition) is 4. The summed E-state index contributed by atoms with van der Waals surface area (Å²) in [5.41, 5.74) is 0.0889. The van der Waals surface area contributed by atoms with Gasteiger partial charge >= 0.3 is 0 Å². The van der Waals surface area contributed by atoms with Gasteiger partial charge in [-0.25, -0.2) is 0 Å². The Balaban J connectivity index is 1.96. The first kappa shape index (κ1) is 17.7. The molecule has 2 aliphatic heterocycles. The fraction of sp³-hybridized carbons (Fsp3) is 0.261. The second-order valence-electron chi connectivity index (χ2n) is 7.37. The molecule has 1 aromatic heterocycles. The Morgan fingerprint density at radius 1 is 0.966 bits per heavy atom. The summed E-state index contributed by atoms with van der Waals surface area (Å²) in [6.45, 7) is 4.62. The number of amides is 2. The molecule has 2 aromatic carbocycles. The van der Waals surface area contributed by atoms with Crippen LogP contribution in [0.3, 0.4) is 0 Å².